The van der Waals surface area contributed by atoms with Crippen molar-refractivity contribution in [2.75, 3.05) is 13.6 Å². The summed E-state index contributed by atoms with van der Waals surface area (Å²) >= 11 is 5.88. The fourth-order valence-corrected chi connectivity index (χ4v) is 2.37. The van der Waals surface area contributed by atoms with E-state index in [0.29, 0.717) is 6.54 Å². The summed E-state index contributed by atoms with van der Waals surface area (Å²) in [5, 5.41) is 0.727. The van der Waals surface area contributed by atoms with E-state index in [1.165, 1.54) is 12.1 Å². The van der Waals surface area contributed by atoms with Gasteiger partial charge in [0.25, 0.3) is 0 Å². The Hall–Kier alpha value is -1.42. The first-order valence-corrected chi connectivity index (χ1v) is 6.88. The summed E-state index contributed by atoms with van der Waals surface area (Å²) < 4.78 is 13.0. The van der Waals surface area contributed by atoms with Gasteiger partial charge in [0.1, 0.15) is 5.82 Å². The van der Waals surface area contributed by atoms with Gasteiger partial charge in [-0.25, -0.2) is 4.39 Å². The van der Waals surface area contributed by atoms with Gasteiger partial charge < -0.3 is 5.73 Å². The molecule has 0 radical (unpaired) electrons. The van der Waals surface area contributed by atoms with Gasteiger partial charge in [-0.1, -0.05) is 35.9 Å². The van der Waals surface area contributed by atoms with Crippen molar-refractivity contribution in [3.8, 4) is 0 Å². The van der Waals surface area contributed by atoms with Gasteiger partial charge >= 0.3 is 0 Å². The fourth-order valence-electron chi connectivity index (χ4n) is 2.24. The van der Waals surface area contributed by atoms with Crippen molar-refractivity contribution in [3.05, 3.63) is 70.5 Å². The lowest BCUT2D eigenvalue weighted by Crippen LogP contribution is -2.30. The summed E-state index contributed by atoms with van der Waals surface area (Å²) in [5.74, 6) is -0.232. The summed E-state index contributed by atoms with van der Waals surface area (Å²) in [7, 11) is 2.01. The maximum absolute atomic E-state index is 13.0. The van der Waals surface area contributed by atoms with Crippen LogP contribution >= 0.6 is 11.6 Å². The van der Waals surface area contributed by atoms with E-state index in [1.807, 2.05) is 31.3 Å². The number of hydrogen-bond donors (Lipinski definition) is 1. The number of halogens is 2. The minimum Gasteiger partial charge on any atom is -0.329 e. The zero-order valence-electron chi connectivity index (χ0n) is 11.4. The Morgan fingerprint density at radius 2 is 1.70 bits per heavy atom. The van der Waals surface area contributed by atoms with Crippen LogP contribution in [0.3, 0.4) is 0 Å². The molecule has 1 atom stereocenters. The first kappa shape index (κ1) is 15.0. The molecule has 0 amide bonds. The summed E-state index contributed by atoms with van der Waals surface area (Å²) in [6.45, 7) is 1.24. The van der Waals surface area contributed by atoms with Crippen LogP contribution in [-0.4, -0.2) is 18.5 Å². The Labute approximate surface area is 124 Å². The molecular weight excluding hydrogens is 275 g/mol. The van der Waals surface area contributed by atoms with E-state index in [9.17, 15) is 4.39 Å². The minimum absolute atomic E-state index is 0.0614. The number of rotatable bonds is 5. The second-order valence-corrected chi connectivity index (χ2v) is 5.28. The monoisotopic (exact) mass is 292 g/mol. The number of likely N-dealkylation sites (N-methyl/N-ethyl adjacent to an activating group) is 1. The van der Waals surface area contributed by atoms with Gasteiger partial charge in [0.05, 0.1) is 0 Å². The van der Waals surface area contributed by atoms with Crippen LogP contribution in [0.5, 0.6) is 0 Å². The van der Waals surface area contributed by atoms with E-state index in [-0.39, 0.29) is 11.9 Å². The van der Waals surface area contributed by atoms with E-state index in [1.54, 1.807) is 12.1 Å². The topological polar surface area (TPSA) is 29.3 Å². The lowest BCUT2D eigenvalue weighted by atomic mass is 10.0. The molecule has 0 aliphatic carbocycles. The number of hydrogen-bond acceptors (Lipinski definition) is 2. The van der Waals surface area contributed by atoms with Crippen molar-refractivity contribution in [3.63, 3.8) is 0 Å². The highest BCUT2D eigenvalue weighted by Gasteiger charge is 2.15. The summed E-state index contributed by atoms with van der Waals surface area (Å²) in [5.41, 5.74) is 8.05. The molecule has 0 bridgehead atoms. The van der Waals surface area contributed by atoms with Gasteiger partial charge in [-0.05, 0) is 42.4 Å². The molecule has 2 aromatic rings. The molecule has 20 heavy (non-hydrogen) atoms. The molecule has 2 aromatic carbocycles. The normalized spacial score (nSPS) is 12.7. The van der Waals surface area contributed by atoms with E-state index < -0.39 is 0 Å². The Morgan fingerprint density at radius 3 is 2.25 bits per heavy atom. The second-order valence-electron chi connectivity index (χ2n) is 4.84. The molecule has 1 unspecified atom stereocenters. The van der Waals surface area contributed by atoms with Gasteiger partial charge in [-0.15, -0.1) is 0 Å². The molecule has 106 valence electrons. The Kier molecular flexibility index (Phi) is 5.12. The third kappa shape index (κ3) is 3.79. The lowest BCUT2D eigenvalue weighted by Gasteiger charge is -2.27. The number of nitrogens with zero attached hydrogens (tertiary/aromatic N) is 1. The van der Waals surface area contributed by atoms with Crippen LogP contribution in [0.25, 0.3) is 0 Å². The standard InChI is InChI=1S/C16H18ClFN2/c1-20(11-12-2-6-14(17)7-3-12)16(10-19)13-4-8-15(18)9-5-13/h2-9,16H,10-11,19H2,1H3. The molecule has 0 aromatic heterocycles. The Morgan fingerprint density at radius 1 is 1.10 bits per heavy atom. The van der Waals surface area contributed by atoms with E-state index >= 15 is 0 Å². The molecule has 0 heterocycles. The van der Waals surface area contributed by atoms with Crippen LogP contribution in [0.2, 0.25) is 5.02 Å². The van der Waals surface area contributed by atoms with Crippen molar-refractivity contribution in [1.82, 2.24) is 4.90 Å². The number of benzene rings is 2. The highest BCUT2D eigenvalue weighted by Crippen LogP contribution is 2.21. The molecule has 0 fully saturated rings. The highest BCUT2D eigenvalue weighted by atomic mass is 35.5. The van der Waals surface area contributed by atoms with Crippen LogP contribution in [0, 0.1) is 5.82 Å². The van der Waals surface area contributed by atoms with Crippen molar-refractivity contribution in [2.24, 2.45) is 5.73 Å². The van der Waals surface area contributed by atoms with Gasteiger partial charge in [0, 0.05) is 24.2 Å². The third-order valence-corrected chi connectivity index (χ3v) is 3.61. The van der Waals surface area contributed by atoms with Crippen molar-refractivity contribution in [2.45, 2.75) is 12.6 Å². The smallest absolute Gasteiger partial charge is 0.123 e. The summed E-state index contributed by atoms with van der Waals surface area (Å²) in [4.78, 5) is 2.15. The van der Waals surface area contributed by atoms with Crippen LogP contribution in [-0.2, 0) is 6.54 Å². The third-order valence-electron chi connectivity index (χ3n) is 3.36. The first-order valence-electron chi connectivity index (χ1n) is 6.50. The van der Waals surface area contributed by atoms with Gasteiger partial charge in [-0.3, -0.25) is 4.90 Å². The largest absolute Gasteiger partial charge is 0.329 e. The molecule has 2 nitrogen and oxygen atoms in total. The van der Waals surface area contributed by atoms with E-state index in [0.717, 1.165) is 22.7 Å². The highest BCUT2D eigenvalue weighted by molar-refractivity contribution is 6.30. The van der Waals surface area contributed by atoms with Crippen molar-refractivity contribution < 1.29 is 4.39 Å². The van der Waals surface area contributed by atoms with Crippen molar-refractivity contribution in [1.29, 1.82) is 0 Å². The molecule has 0 aliphatic heterocycles. The van der Waals surface area contributed by atoms with Gasteiger partial charge in [0.15, 0.2) is 0 Å². The average Bonchev–Trinajstić information content (AvgIpc) is 2.44. The van der Waals surface area contributed by atoms with Crippen LogP contribution < -0.4 is 5.73 Å². The fraction of sp³-hybridized carbons (Fsp3) is 0.250. The van der Waals surface area contributed by atoms with Crippen LogP contribution in [0.1, 0.15) is 17.2 Å². The second kappa shape index (κ2) is 6.84. The predicted octanol–water partition coefficient (Wildman–Crippen LogP) is 3.61. The minimum atomic E-state index is -0.232. The van der Waals surface area contributed by atoms with Crippen LogP contribution in [0.15, 0.2) is 48.5 Å². The lowest BCUT2D eigenvalue weighted by molar-refractivity contribution is 0.241. The van der Waals surface area contributed by atoms with Crippen LogP contribution in [0.4, 0.5) is 4.39 Å². The number of nitrogens with two attached hydrogens (primary N) is 1. The van der Waals surface area contributed by atoms with Crippen molar-refractivity contribution >= 4 is 11.6 Å². The Balaban J connectivity index is 2.10. The first-order chi connectivity index (χ1) is 9.60. The molecule has 2 rings (SSSR count). The molecule has 4 heteroatoms. The quantitative estimate of drug-likeness (QED) is 0.912. The zero-order valence-corrected chi connectivity index (χ0v) is 12.1. The Bertz CT molecular complexity index is 539. The van der Waals surface area contributed by atoms with Gasteiger partial charge in [-0.2, -0.15) is 0 Å². The summed E-state index contributed by atoms with van der Waals surface area (Å²) in [6, 6.07) is 14.3. The molecule has 0 saturated heterocycles. The zero-order chi connectivity index (χ0) is 14.5. The molecule has 2 N–H and O–H groups in total. The van der Waals surface area contributed by atoms with Gasteiger partial charge in [0.2, 0.25) is 0 Å². The maximum atomic E-state index is 13.0. The molecule has 0 aliphatic rings. The van der Waals surface area contributed by atoms with E-state index in [4.69, 9.17) is 17.3 Å². The SMILES string of the molecule is CN(Cc1ccc(Cl)cc1)C(CN)c1ccc(F)cc1. The molecule has 0 spiro atoms. The molecular formula is C16H18ClFN2. The van der Waals surface area contributed by atoms with E-state index in [2.05, 4.69) is 4.90 Å². The maximum Gasteiger partial charge on any atom is 0.123 e. The average molecular weight is 293 g/mol. The molecule has 0 saturated carbocycles. The predicted molar refractivity (Wildman–Crippen MR) is 81.1 cm³/mol. The summed E-state index contributed by atoms with van der Waals surface area (Å²) in [6.07, 6.45) is 0.